The molecule has 0 radical (unpaired) electrons. The number of carboxylic acids is 1. The van der Waals surface area contributed by atoms with Crippen LogP contribution in [-0.2, 0) is 11.2 Å². The van der Waals surface area contributed by atoms with Crippen molar-refractivity contribution in [1.82, 2.24) is 15.3 Å². The minimum absolute atomic E-state index is 0.309. The highest BCUT2D eigenvalue weighted by molar-refractivity contribution is 5.74. The van der Waals surface area contributed by atoms with E-state index in [9.17, 15) is 9.90 Å². The second kappa shape index (κ2) is 5.69. The van der Waals surface area contributed by atoms with E-state index in [1.165, 1.54) is 0 Å². The van der Waals surface area contributed by atoms with Crippen molar-refractivity contribution in [2.75, 3.05) is 14.2 Å². The molecule has 7 heteroatoms. The molecule has 7 nitrogen and oxygen atoms in total. The van der Waals surface area contributed by atoms with Gasteiger partial charge < -0.3 is 19.6 Å². The number of fused-ring (bicyclic) bond motifs is 1. The zero-order chi connectivity index (χ0) is 15.7. The van der Waals surface area contributed by atoms with Crippen molar-refractivity contribution in [1.29, 1.82) is 0 Å². The zero-order valence-corrected chi connectivity index (χ0v) is 12.3. The first kappa shape index (κ1) is 14.4. The summed E-state index contributed by atoms with van der Waals surface area (Å²) in [5.74, 6) is 0.334. The summed E-state index contributed by atoms with van der Waals surface area (Å²) in [6, 6.07) is 4.54. The fourth-order valence-corrected chi connectivity index (χ4v) is 2.73. The molecule has 2 unspecified atom stereocenters. The first-order valence-corrected chi connectivity index (χ1v) is 6.87. The lowest BCUT2D eigenvalue weighted by Crippen LogP contribution is -2.45. The van der Waals surface area contributed by atoms with Gasteiger partial charge in [0.05, 0.1) is 32.3 Å². The van der Waals surface area contributed by atoms with Gasteiger partial charge >= 0.3 is 5.97 Å². The van der Waals surface area contributed by atoms with Gasteiger partial charge in [0.2, 0.25) is 0 Å². The molecule has 0 spiro atoms. The van der Waals surface area contributed by atoms with Crippen LogP contribution in [0.4, 0.5) is 0 Å². The number of methoxy groups -OCH3 is 2. The summed E-state index contributed by atoms with van der Waals surface area (Å²) in [6.07, 6.45) is 1.97. The first-order chi connectivity index (χ1) is 10.6. The van der Waals surface area contributed by atoms with E-state index >= 15 is 0 Å². The molecular weight excluding hydrogens is 286 g/mol. The van der Waals surface area contributed by atoms with Crippen LogP contribution in [0.15, 0.2) is 24.5 Å². The number of ether oxygens (including phenoxy) is 2. The van der Waals surface area contributed by atoms with Gasteiger partial charge in [-0.3, -0.25) is 10.1 Å². The summed E-state index contributed by atoms with van der Waals surface area (Å²) in [4.78, 5) is 18.7. The number of aromatic amines is 1. The van der Waals surface area contributed by atoms with E-state index in [2.05, 4.69) is 15.3 Å². The van der Waals surface area contributed by atoms with Gasteiger partial charge in [0.1, 0.15) is 6.04 Å². The maximum Gasteiger partial charge on any atom is 0.321 e. The minimum atomic E-state index is -0.884. The number of nitrogens with zero attached hydrogens (tertiary/aromatic N) is 1. The van der Waals surface area contributed by atoms with Gasteiger partial charge in [-0.05, 0) is 17.7 Å². The van der Waals surface area contributed by atoms with Crippen LogP contribution in [-0.4, -0.2) is 41.3 Å². The van der Waals surface area contributed by atoms with Gasteiger partial charge in [0, 0.05) is 12.1 Å². The maximum atomic E-state index is 11.3. The predicted octanol–water partition coefficient (Wildman–Crippen LogP) is 1.12. The van der Waals surface area contributed by atoms with Crippen molar-refractivity contribution < 1.29 is 19.4 Å². The van der Waals surface area contributed by atoms with Crippen LogP contribution < -0.4 is 14.8 Å². The topological polar surface area (TPSA) is 96.5 Å². The summed E-state index contributed by atoms with van der Waals surface area (Å²) < 4.78 is 10.5. The van der Waals surface area contributed by atoms with Crippen LogP contribution in [0.1, 0.15) is 23.0 Å². The third-order valence-electron chi connectivity index (χ3n) is 3.84. The molecule has 0 bridgehead atoms. The molecule has 0 saturated carbocycles. The molecule has 0 saturated heterocycles. The van der Waals surface area contributed by atoms with E-state index in [4.69, 9.17) is 9.47 Å². The number of aromatic nitrogens is 2. The number of H-pyrrole nitrogens is 1. The fraction of sp³-hybridized carbons (Fsp3) is 0.333. The Labute approximate surface area is 127 Å². The first-order valence-electron chi connectivity index (χ1n) is 6.87. The molecule has 116 valence electrons. The fourth-order valence-electron chi connectivity index (χ4n) is 2.73. The molecule has 0 amide bonds. The van der Waals surface area contributed by atoms with Gasteiger partial charge in [0.25, 0.3) is 0 Å². The Hall–Kier alpha value is -2.54. The molecule has 22 heavy (non-hydrogen) atoms. The molecule has 1 aromatic heterocycles. The molecule has 2 atom stereocenters. The van der Waals surface area contributed by atoms with Gasteiger partial charge in [0.15, 0.2) is 11.5 Å². The van der Waals surface area contributed by atoms with Gasteiger partial charge in [-0.25, -0.2) is 4.98 Å². The zero-order valence-electron chi connectivity index (χ0n) is 12.3. The van der Waals surface area contributed by atoms with Crippen LogP contribution >= 0.6 is 0 Å². The Balaban J connectivity index is 2.02. The van der Waals surface area contributed by atoms with E-state index in [1.54, 1.807) is 26.6 Å². The maximum absolute atomic E-state index is 11.3. The van der Waals surface area contributed by atoms with Crippen LogP contribution in [0.25, 0.3) is 0 Å². The van der Waals surface area contributed by atoms with E-state index in [-0.39, 0.29) is 6.04 Å². The van der Waals surface area contributed by atoms with Crippen molar-refractivity contribution in [3.8, 4) is 11.5 Å². The third kappa shape index (κ3) is 2.39. The average molecular weight is 303 g/mol. The summed E-state index contributed by atoms with van der Waals surface area (Å²) in [6.45, 7) is 0. The summed E-state index contributed by atoms with van der Waals surface area (Å²) in [5, 5.41) is 12.4. The summed E-state index contributed by atoms with van der Waals surface area (Å²) in [7, 11) is 3.14. The number of benzene rings is 1. The molecule has 1 aliphatic rings. The normalized spacial score (nSPS) is 20.3. The van der Waals surface area contributed by atoms with E-state index in [0.717, 1.165) is 17.0 Å². The molecule has 3 rings (SSSR count). The van der Waals surface area contributed by atoms with Crippen molar-refractivity contribution in [2.45, 2.75) is 18.5 Å². The second-order valence-electron chi connectivity index (χ2n) is 5.08. The van der Waals surface area contributed by atoms with Crippen LogP contribution in [0, 0.1) is 0 Å². The Bertz CT molecular complexity index is 698. The van der Waals surface area contributed by atoms with E-state index in [0.29, 0.717) is 17.9 Å². The Morgan fingerprint density at radius 1 is 1.32 bits per heavy atom. The lowest BCUT2D eigenvalue weighted by atomic mass is 9.94. The highest BCUT2D eigenvalue weighted by Gasteiger charge is 2.33. The van der Waals surface area contributed by atoms with Crippen molar-refractivity contribution in [3.05, 3.63) is 41.5 Å². The van der Waals surface area contributed by atoms with Crippen LogP contribution in [0.3, 0.4) is 0 Å². The molecule has 2 heterocycles. The number of carboxylic acid groups (broad SMARTS) is 1. The van der Waals surface area contributed by atoms with Crippen molar-refractivity contribution in [2.24, 2.45) is 0 Å². The number of aliphatic carboxylic acids is 1. The standard InChI is InChI=1S/C15H17N3O4/c1-21-11-4-3-8(5-12(11)22-2)13-14-9(16-7-17-14)6-10(18-13)15(19)20/h3-5,7,10,13,18H,6H2,1-2H3,(H,16,17)(H,19,20). The third-order valence-corrected chi connectivity index (χ3v) is 3.84. The largest absolute Gasteiger partial charge is 0.493 e. The lowest BCUT2D eigenvalue weighted by molar-refractivity contribution is -0.139. The highest BCUT2D eigenvalue weighted by atomic mass is 16.5. The number of hydrogen-bond acceptors (Lipinski definition) is 5. The molecule has 2 aromatic rings. The minimum Gasteiger partial charge on any atom is -0.493 e. The lowest BCUT2D eigenvalue weighted by Gasteiger charge is -2.28. The number of carbonyl (C=O) groups is 1. The van der Waals surface area contributed by atoms with Gasteiger partial charge in [-0.2, -0.15) is 0 Å². The van der Waals surface area contributed by atoms with Crippen molar-refractivity contribution in [3.63, 3.8) is 0 Å². The molecule has 3 N–H and O–H groups in total. The number of hydrogen-bond donors (Lipinski definition) is 3. The molecular formula is C15H17N3O4. The average Bonchev–Trinajstić information content (AvgIpc) is 3.01. The van der Waals surface area contributed by atoms with Crippen LogP contribution in [0.5, 0.6) is 11.5 Å². The van der Waals surface area contributed by atoms with Crippen molar-refractivity contribution >= 4 is 5.97 Å². The molecule has 0 aliphatic carbocycles. The van der Waals surface area contributed by atoms with Crippen LogP contribution in [0.2, 0.25) is 0 Å². The van der Waals surface area contributed by atoms with E-state index in [1.807, 2.05) is 12.1 Å². The number of nitrogens with one attached hydrogen (secondary N) is 2. The smallest absolute Gasteiger partial charge is 0.321 e. The van der Waals surface area contributed by atoms with E-state index < -0.39 is 12.0 Å². The molecule has 1 aliphatic heterocycles. The summed E-state index contributed by atoms with van der Waals surface area (Å²) >= 11 is 0. The molecule has 1 aromatic carbocycles. The number of imidazole rings is 1. The van der Waals surface area contributed by atoms with Gasteiger partial charge in [-0.1, -0.05) is 6.07 Å². The monoisotopic (exact) mass is 303 g/mol. The SMILES string of the molecule is COc1ccc(C2NC(C(=O)O)Cc3[nH]cnc32)cc1OC. The Morgan fingerprint density at radius 2 is 2.09 bits per heavy atom. The number of rotatable bonds is 4. The quantitative estimate of drug-likeness (QED) is 0.783. The Kier molecular flexibility index (Phi) is 3.72. The highest BCUT2D eigenvalue weighted by Crippen LogP contribution is 2.34. The molecule has 0 fully saturated rings. The summed E-state index contributed by atoms with van der Waals surface area (Å²) in [5.41, 5.74) is 2.52. The predicted molar refractivity (Wildman–Crippen MR) is 78.2 cm³/mol. The van der Waals surface area contributed by atoms with Gasteiger partial charge in [-0.15, -0.1) is 0 Å². The Morgan fingerprint density at radius 3 is 2.77 bits per heavy atom. The second-order valence-corrected chi connectivity index (χ2v) is 5.08.